The summed E-state index contributed by atoms with van der Waals surface area (Å²) in [7, 11) is 2.13. The molecule has 2 N–H and O–H groups in total. The Hall–Kier alpha value is -2.09. The first-order chi connectivity index (χ1) is 13.5. The van der Waals surface area contributed by atoms with Crippen molar-refractivity contribution >= 4 is 5.82 Å². The number of aromatic nitrogens is 2. The highest BCUT2D eigenvalue weighted by Crippen LogP contribution is 2.21. The maximum Gasteiger partial charge on any atom is 0.146 e. The Morgan fingerprint density at radius 1 is 1.14 bits per heavy atom. The van der Waals surface area contributed by atoms with Crippen molar-refractivity contribution in [3.63, 3.8) is 0 Å². The van der Waals surface area contributed by atoms with E-state index in [1.807, 2.05) is 26.0 Å². The molecule has 1 saturated heterocycles. The second kappa shape index (κ2) is 9.41. The SMILES string of the molecule is CC(C)[C@H](CO)NCc1nc(-c2ccc(N3CCN(C)CC3)nc2)ccc1F. The number of hydrogen-bond acceptors (Lipinski definition) is 6. The first-order valence-electron chi connectivity index (χ1n) is 9.87. The Morgan fingerprint density at radius 3 is 2.50 bits per heavy atom. The molecule has 152 valence electrons. The normalized spacial score (nSPS) is 16.6. The first kappa shape index (κ1) is 20.6. The van der Waals surface area contributed by atoms with Gasteiger partial charge in [-0.2, -0.15) is 0 Å². The van der Waals surface area contributed by atoms with Crippen LogP contribution in [0.2, 0.25) is 0 Å². The third-order valence-electron chi connectivity index (χ3n) is 5.32. The highest BCUT2D eigenvalue weighted by Gasteiger charge is 2.16. The standard InChI is InChI=1S/C21H30FN5O/c1-15(2)20(14-28)23-13-19-17(22)5-6-18(25-19)16-4-7-21(24-12-16)27-10-8-26(3)9-11-27/h4-7,12,15,20,23,28H,8-11,13-14H2,1-3H3/t20-/m0/s1. The Bertz CT molecular complexity index is 760. The molecule has 1 fully saturated rings. The highest BCUT2D eigenvalue weighted by atomic mass is 19.1. The number of anilines is 1. The van der Waals surface area contributed by atoms with E-state index in [1.165, 1.54) is 6.07 Å². The monoisotopic (exact) mass is 387 g/mol. The van der Waals surface area contributed by atoms with Gasteiger partial charge in [-0.25, -0.2) is 14.4 Å². The van der Waals surface area contributed by atoms with Crippen LogP contribution in [-0.4, -0.2) is 65.8 Å². The molecule has 28 heavy (non-hydrogen) atoms. The van der Waals surface area contributed by atoms with E-state index in [0.717, 1.165) is 37.6 Å². The first-order valence-corrected chi connectivity index (χ1v) is 9.87. The molecule has 2 aromatic heterocycles. The molecule has 1 atom stereocenters. The van der Waals surface area contributed by atoms with Gasteiger partial charge in [0.1, 0.15) is 11.6 Å². The van der Waals surface area contributed by atoms with Crippen LogP contribution >= 0.6 is 0 Å². The highest BCUT2D eigenvalue weighted by molar-refractivity contribution is 5.60. The third-order valence-corrected chi connectivity index (χ3v) is 5.32. The molecule has 7 heteroatoms. The molecule has 0 aliphatic carbocycles. The maximum absolute atomic E-state index is 14.2. The number of piperazine rings is 1. The molecule has 0 saturated carbocycles. The van der Waals surface area contributed by atoms with Crippen LogP contribution in [-0.2, 0) is 6.54 Å². The minimum Gasteiger partial charge on any atom is -0.395 e. The molecule has 0 bridgehead atoms. The van der Waals surface area contributed by atoms with Crippen LogP contribution in [0.1, 0.15) is 19.5 Å². The van der Waals surface area contributed by atoms with Gasteiger partial charge >= 0.3 is 0 Å². The van der Waals surface area contributed by atoms with E-state index in [-0.39, 0.29) is 30.9 Å². The summed E-state index contributed by atoms with van der Waals surface area (Å²) < 4.78 is 14.2. The minimum atomic E-state index is -0.348. The zero-order valence-electron chi connectivity index (χ0n) is 16.9. The van der Waals surface area contributed by atoms with Gasteiger partial charge in [0.15, 0.2) is 0 Å². The van der Waals surface area contributed by atoms with E-state index >= 15 is 0 Å². The molecule has 1 aliphatic rings. The average Bonchev–Trinajstić information content (AvgIpc) is 2.70. The van der Waals surface area contributed by atoms with E-state index in [4.69, 9.17) is 0 Å². The van der Waals surface area contributed by atoms with Crippen molar-refractivity contribution in [2.75, 3.05) is 44.7 Å². The van der Waals surface area contributed by atoms with Gasteiger partial charge in [0.05, 0.1) is 18.0 Å². The minimum absolute atomic E-state index is 0.0106. The Balaban J connectivity index is 1.71. The van der Waals surface area contributed by atoms with E-state index in [2.05, 4.69) is 32.1 Å². The van der Waals surface area contributed by atoms with Crippen LogP contribution in [0.5, 0.6) is 0 Å². The lowest BCUT2D eigenvalue weighted by Crippen LogP contribution is -2.44. The van der Waals surface area contributed by atoms with Crippen LogP contribution < -0.4 is 10.2 Å². The largest absolute Gasteiger partial charge is 0.395 e. The number of hydrogen-bond donors (Lipinski definition) is 2. The number of halogens is 1. The van der Waals surface area contributed by atoms with Crippen LogP contribution in [0.25, 0.3) is 11.3 Å². The van der Waals surface area contributed by atoms with Crippen molar-refractivity contribution in [1.29, 1.82) is 0 Å². The van der Waals surface area contributed by atoms with Crippen molar-refractivity contribution in [3.05, 3.63) is 42.0 Å². The topological polar surface area (TPSA) is 64.5 Å². The van der Waals surface area contributed by atoms with Crippen molar-refractivity contribution in [1.82, 2.24) is 20.2 Å². The predicted molar refractivity (Wildman–Crippen MR) is 110 cm³/mol. The molecule has 3 heterocycles. The molecule has 0 spiro atoms. The zero-order valence-corrected chi connectivity index (χ0v) is 16.9. The number of nitrogens with one attached hydrogen (secondary N) is 1. The van der Waals surface area contributed by atoms with Crippen molar-refractivity contribution < 1.29 is 9.50 Å². The van der Waals surface area contributed by atoms with Crippen molar-refractivity contribution in [3.8, 4) is 11.3 Å². The van der Waals surface area contributed by atoms with Gasteiger partial charge in [-0.1, -0.05) is 13.8 Å². The van der Waals surface area contributed by atoms with E-state index < -0.39 is 0 Å². The summed E-state index contributed by atoms with van der Waals surface area (Å²) in [5.41, 5.74) is 1.90. The van der Waals surface area contributed by atoms with E-state index in [0.29, 0.717) is 11.4 Å². The van der Waals surface area contributed by atoms with Gasteiger partial charge in [0, 0.05) is 50.5 Å². The summed E-state index contributed by atoms with van der Waals surface area (Å²) in [6.07, 6.45) is 1.80. The zero-order chi connectivity index (χ0) is 20.1. The summed E-state index contributed by atoms with van der Waals surface area (Å²) >= 11 is 0. The molecule has 3 rings (SSSR count). The van der Waals surface area contributed by atoms with Crippen LogP contribution in [0.15, 0.2) is 30.5 Å². The maximum atomic E-state index is 14.2. The van der Waals surface area contributed by atoms with Gasteiger partial charge in [0.25, 0.3) is 0 Å². The number of pyridine rings is 2. The van der Waals surface area contributed by atoms with Crippen LogP contribution in [0.3, 0.4) is 0 Å². The second-order valence-corrected chi connectivity index (χ2v) is 7.73. The number of rotatable bonds is 7. The fraction of sp³-hybridized carbons (Fsp3) is 0.524. The van der Waals surface area contributed by atoms with Crippen molar-refractivity contribution in [2.45, 2.75) is 26.4 Å². The van der Waals surface area contributed by atoms with Crippen molar-refractivity contribution in [2.24, 2.45) is 5.92 Å². The smallest absolute Gasteiger partial charge is 0.146 e. The quantitative estimate of drug-likeness (QED) is 0.759. The molecular weight excluding hydrogens is 357 g/mol. The van der Waals surface area contributed by atoms with Crippen LogP contribution in [0, 0.1) is 11.7 Å². The summed E-state index contributed by atoms with van der Waals surface area (Å²) in [6.45, 7) is 8.32. The summed E-state index contributed by atoms with van der Waals surface area (Å²) in [5.74, 6) is 0.866. The average molecular weight is 388 g/mol. The van der Waals surface area contributed by atoms with Gasteiger partial charge < -0.3 is 20.2 Å². The Morgan fingerprint density at radius 2 is 1.89 bits per heavy atom. The Labute approximate surface area is 166 Å². The van der Waals surface area contributed by atoms with Gasteiger partial charge in [-0.3, -0.25) is 0 Å². The molecule has 2 aromatic rings. The molecular formula is C21H30FN5O. The van der Waals surface area contributed by atoms with Crippen LogP contribution in [0.4, 0.5) is 10.2 Å². The number of nitrogens with zero attached hydrogens (tertiary/aromatic N) is 4. The number of likely N-dealkylation sites (N-methyl/N-ethyl adjacent to an activating group) is 1. The lowest BCUT2D eigenvalue weighted by molar-refractivity contribution is 0.209. The molecule has 1 aliphatic heterocycles. The predicted octanol–water partition coefficient (Wildman–Crippen LogP) is 2.14. The number of aliphatic hydroxyl groups is 1. The molecule has 6 nitrogen and oxygen atoms in total. The van der Waals surface area contributed by atoms with E-state index in [1.54, 1.807) is 12.3 Å². The number of aliphatic hydroxyl groups excluding tert-OH is 1. The fourth-order valence-corrected chi connectivity index (χ4v) is 3.27. The molecule has 0 unspecified atom stereocenters. The summed E-state index contributed by atoms with van der Waals surface area (Å²) in [6, 6.07) is 7.02. The van der Waals surface area contributed by atoms with Gasteiger partial charge in [0.2, 0.25) is 0 Å². The fourth-order valence-electron chi connectivity index (χ4n) is 3.27. The molecule has 0 amide bonds. The molecule has 0 radical (unpaired) electrons. The van der Waals surface area contributed by atoms with Gasteiger partial charge in [-0.05, 0) is 37.2 Å². The third kappa shape index (κ3) is 5.04. The molecule has 0 aromatic carbocycles. The lowest BCUT2D eigenvalue weighted by Gasteiger charge is -2.33. The Kier molecular flexibility index (Phi) is 6.93. The lowest BCUT2D eigenvalue weighted by atomic mass is 10.1. The second-order valence-electron chi connectivity index (χ2n) is 7.73. The van der Waals surface area contributed by atoms with E-state index in [9.17, 15) is 9.50 Å². The summed E-state index contributed by atoms with van der Waals surface area (Å²) in [5, 5.41) is 12.6. The van der Waals surface area contributed by atoms with Gasteiger partial charge in [-0.15, -0.1) is 0 Å². The summed E-state index contributed by atoms with van der Waals surface area (Å²) in [4.78, 5) is 13.7.